The zero-order chi connectivity index (χ0) is 17.0. The molecule has 3 unspecified atom stereocenters. The van der Waals surface area contributed by atoms with Crippen molar-refractivity contribution in [2.45, 2.75) is 44.9 Å². The highest BCUT2D eigenvalue weighted by molar-refractivity contribution is 7.85. The Hall–Kier alpha value is -1.33. The maximum atomic E-state index is 11.0. The molecule has 128 valence electrons. The molecule has 0 saturated heterocycles. The Labute approximate surface area is 139 Å². The van der Waals surface area contributed by atoms with Crippen LogP contribution in [-0.4, -0.2) is 19.6 Å². The van der Waals surface area contributed by atoms with Crippen molar-refractivity contribution in [3.63, 3.8) is 0 Å². The maximum absolute atomic E-state index is 11.0. The number of benzene rings is 1. The molecule has 23 heavy (non-hydrogen) atoms. The van der Waals surface area contributed by atoms with E-state index in [0.717, 1.165) is 12.3 Å². The van der Waals surface area contributed by atoms with Crippen molar-refractivity contribution < 1.29 is 17.7 Å². The van der Waals surface area contributed by atoms with Crippen LogP contribution in [0.4, 0.5) is 0 Å². The molecular formula is C18H26O4S. The quantitative estimate of drug-likeness (QED) is 0.619. The van der Waals surface area contributed by atoms with E-state index in [1.807, 2.05) is 0 Å². The van der Waals surface area contributed by atoms with Gasteiger partial charge in [-0.1, -0.05) is 32.4 Å². The molecule has 5 heteroatoms. The predicted octanol–water partition coefficient (Wildman–Crippen LogP) is 4.33. The minimum Gasteiger partial charge on any atom is -0.493 e. The largest absolute Gasteiger partial charge is 0.493 e. The van der Waals surface area contributed by atoms with Gasteiger partial charge in [-0.2, -0.15) is 8.42 Å². The van der Waals surface area contributed by atoms with Gasteiger partial charge in [0.05, 0.1) is 11.5 Å². The molecule has 0 saturated carbocycles. The van der Waals surface area contributed by atoms with Crippen molar-refractivity contribution in [1.29, 1.82) is 0 Å². The molecule has 1 aliphatic rings. The Morgan fingerprint density at radius 2 is 1.91 bits per heavy atom. The Morgan fingerprint density at radius 3 is 2.48 bits per heavy atom. The van der Waals surface area contributed by atoms with Gasteiger partial charge >= 0.3 is 0 Å². The average Bonchev–Trinajstić information content (AvgIpc) is 2.43. The Morgan fingerprint density at radius 1 is 1.26 bits per heavy atom. The minimum atomic E-state index is -4.14. The van der Waals surface area contributed by atoms with Crippen LogP contribution in [0.15, 0.2) is 40.8 Å². The summed E-state index contributed by atoms with van der Waals surface area (Å²) in [5.74, 6) is 2.43. The van der Waals surface area contributed by atoms with Crippen LogP contribution < -0.4 is 4.74 Å². The van der Waals surface area contributed by atoms with E-state index in [1.165, 1.54) is 30.5 Å². The molecule has 0 aliphatic heterocycles. The SMILES string of the molecule is CC1C=C(CC(C)COc2ccc(S(=O)(=O)O)cc2)CC(C)C1. The summed E-state index contributed by atoms with van der Waals surface area (Å²) in [6.45, 7) is 7.33. The molecule has 0 heterocycles. The van der Waals surface area contributed by atoms with Gasteiger partial charge in [0.25, 0.3) is 10.1 Å². The molecular weight excluding hydrogens is 312 g/mol. The highest BCUT2D eigenvalue weighted by atomic mass is 32.2. The summed E-state index contributed by atoms with van der Waals surface area (Å²) in [4.78, 5) is -0.117. The fourth-order valence-electron chi connectivity index (χ4n) is 3.31. The predicted molar refractivity (Wildman–Crippen MR) is 91.2 cm³/mol. The second kappa shape index (κ2) is 7.49. The number of ether oxygens (including phenoxy) is 1. The number of hydrogen-bond donors (Lipinski definition) is 1. The van der Waals surface area contributed by atoms with Crippen molar-refractivity contribution in [2.75, 3.05) is 6.61 Å². The fraction of sp³-hybridized carbons (Fsp3) is 0.556. The minimum absolute atomic E-state index is 0.117. The van der Waals surface area contributed by atoms with Crippen molar-refractivity contribution in [1.82, 2.24) is 0 Å². The van der Waals surface area contributed by atoms with Gasteiger partial charge in [0, 0.05) is 0 Å². The van der Waals surface area contributed by atoms with Gasteiger partial charge in [0.15, 0.2) is 0 Å². The summed E-state index contributed by atoms with van der Waals surface area (Å²) in [6, 6.07) is 5.84. The summed E-state index contributed by atoms with van der Waals surface area (Å²) in [5, 5.41) is 0. The fourth-order valence-corrected chi connectivity index (χ4v) is 3.79. The second-order valence-corrected chi connectivity index (χ2v) is 8.34. The summed E-state index contributed by atoms with van der Waals surface area (Å²) >= 11 is 0. The van der Waals surface area contributed by atoms with Crippen LogP contribution in [0, 0.1) is 17.8 Å². The van der Waals surface area contributed by atoms with Gasteiger partial charge in [0.2, 0.25) is 0 Å². The van der Waals surface area contributed by atoms with E-state index in [9.17, 15) is 8.42 Å². The van der Waals surface area contributed by atoms with Gasteiger partial charge in [-0.25, -0.2) is 0 Å². The lowest BCUT2D eigenvalue weighted by molar-refractivity contribution is 0.255. The molecule has 1 aromatic rings. The molecule has 0 bridgehead atoms. The number of allylic oxidation sites excluding steroid dienone is 2. The Bertz CT molecular complexity index is 646. The third kappa shape index (κ3) is 5.66. The molecule has 0 aromatic heterocycles. The summed E-state index contributed by atoms with van der Waals surface area (Å²) < 4.78 is 36.7. The first-order valence-electron chi connectivity index (χ1n) is 8.14. The van der Waals surface area contributed by atoms with E-state index >= 15 is 0 Å². The number of hydrogen-bond acceptors (Lipinski definition) is 3. The van der Waals surface area contributed by atoms with Gasteiger partial charge < -0.3 is 4.74 Å². The first-order valence-corrected chi connectivity index (χ1v) is 9.58. The van der Waals surface area contributed by atoms with E-state index in [4.69, 9.17) is 9.29 Å². The third-order valence-corrected chi connectivity index (χ3v) is 5.04. The molecule has 0 fully saturated rings. The average molecular weight is 338 g/mol. The van der Waals surface area contributed by atoms with E-state index < -0.39 is 10.1 Å². The molecule has 0 spiro atoms. The zero-order valence-electron chi connectivity index (χ0n) is 14.0. The van der Waals surface area contributed by atoms with E-state index in [1.54, 1.807) is 12.1 Å². The molecule has 2 rings (SSSR count). The highest BCUT2D eigenvalue weighted by Gasteiger charge is 2.18. The van der Waals surface area contributed by atoms with Crippen LogP contribution in [0.2, 0.25) is 0 Å². The zero-order valence-corrected chi connectivity index (χ0v) is 14.8. The first kappa shape index (κ1) is 18.0. The van der Waals surface area contributed by atoms with Gasteiger partial charge in [-0.3, -0.25) is 4.55 Å². The monoisotopic (exact) mass is 338 g/mol. The molecule has 1 N–H and O–H groups in total. The van der Waals surface area contributed by atoms with Crippen molar-refractivity contribution in [3.8, 4) is 5.75 Å². The molecule has 1 aromatic carbocycles. The Balaban J connectivity index is 1.86. The number of rotatable bonds is 6. The lowest BCUT2D eigenvalue weighted by Gasteiger charge is -2.25. The normalized spacial score (nSPS) is 23.2. The van der Waals surface area contributed by atoms with Gasteiger partial charge in [-0.05, 0) is 61.3 Å². The van der Waals surface area contributed by atoms with Crippen LogP contribution in [0.1, 0.15) is 40.0 Å². The first-order chi connectivity index (χ1) is 10.7. The van der Waals surface area contributed by atoms with Crippen LogP contribution in [0.3, 0.4) is 0 Å². The van der Waals surface area contributed by atoms with Crippen molar-refractivity contribution in [2.24, 2.45) is 17.8 Å². The Kier molecular flexibility index (Phi) is 5.87. The lowest BCUT2D eigenvalue weighted by atomic mass is 9.81. The van der Waals surface area contributed by atoms with Gasteiger partial charge in [0.1, 0.15) is 5.75 Å². The van der Waals surface area contributed by atoms with E-state index in [-0.39, 0.29) is 4.90 Å². The molecule has 4 nitrogen and oxygen atoms in total. The van der Waals surface area contributed by atoms with Crippen LogP contribution >= 0.6 is 0 Å². The van der Waals surface area contributed by atoms with E-state index in [2.05, 4.69) is 26.8 Å². The highest BCUT2D eigenvalue weighted by Crippen LogP contribution is 2.31. The van der Waals surface area contributed by atoms with Crippen LogP contribution in [-0.2, 0) is 10.1 Å². The van der Waals surface area contributed by atoms with Gasteiger partial charge in [-0.15, -0.1) is 0 Å². The molecule has 0 amide bonds. The second-order valence-electron chi connectivity index (χ2n) is 6.91. The molecule has 3 atom stereocenters. The maximum Gasteiger partial charge on any atom is 0.294 e. The topological polar surface area (TPSA) is 63.6 Å². The van der Waals surface area contributed by atoms with E-state index in [0.29, 0.717) is 24.2 Å². The summed E-state index contributed by atoms with van der Waals surface area (Å²) in [6.07, 6.45) is 5.89. The third-order valence-electron chi connectivity index (χ3n) is 4.17. The molecule has 0 radical (unpaired) electrons. The van der Waals surface area contributed by atoms with Crippen molar-refractivity contribution in [3.05, 3.63) is 35.9 Å². The van der Waals surface area contributed by atoms with Crippen molar-refractivity contribution >= 4 is 10.1 Å². The van der Waals surface area contributed by atoms with Crippen LogP contribution in [0.5, 0.6) is 5.75 Å². The van der Waals surface area contributed by atoms with Crippen LogP contribution in [0.25, 0.3) is 0 Å². The summed E-state index contributed by atoms with van der Waals surface area (Å²) in [7, 11) is -4.14. The summed E-state index contributed by atoms with van der Waals surface area (Å²) in [5.41, 5.74) is 1.52. The lowest BCUT2D eigenvalue weighted by Crippen LogP contribution is -2.14. The standard InChI is InChI=1S/C18H26O4S/c1-13-8-14(2)10-16(9-13)11-15(3)12-22-17-4-6-18(7-5-17)23(19,20)21/h4-7,9,13-15H,8,10-12H2,1-3H3,(H,19,20,21). The molecule has 1 aliphatic carbocycles. The smallest absolute Gasteiger partial charge is 0.294 e.